The van der Waals surface area contributed by atoms with Crippen molar-refractivity contribution in [2.75, 3.05) is 5.32 Å². The Morgan fingerprint density at radius 3 is 2.62 bits per heavy atom. The molecule has 2 N–H and O–H groups in total. The van der Waals surface area contributed by atoms with Gasteiger partial charge in [-0.2, -0.15) is 5.10 Å². The zero-order chi connectivity index (χ0) is 20.2. The number of nitrogens with zero attached hydrogens (tertiary/aromatic N) is 1. The molecule has 1 aromatic heterocycles. The van der Waals surface area contributed by atoms with E-state index < -0.39 is 0 Å². The van der Waals surface area contributed by atoms with Gasteiger partial charge in [-0.1, -0.05) is 48.5 Å². The molecule has 0 unspecified atom stereocenters. The molecule has 29 heavy (non-hydrogen) atoms. The van der Waals surface area contributed by atoms with Gasteiger partial charge in [0, 0.05) is 11.6 Å². The largest absolute Gasteiger partial charge is 0.321 e. The second kappa shape index (κ2) is 8.41. The summed E-state index contributed by atoms with van der Waals surface area (Å²) in [6, 6.07) is 21.1. The van der Waals surface area contributed by atoms with Crippen LogP contribution in [0.25, 0.3) is 0 Å². The van der Waals surface area contributed by atoms with Gasteiger partial charge >= 0.3 is 0 Å². The number of amides is 2. The topological polar surface area (TPSA) is 70.6 Å². The van der Waals surface area contributed by atoms with Crippen LogP contribution in [0.15, 0.2) is 77.2 Å². The van der Waals surface area contributed by atoms with E-state index in [1.807, 2.05) is 60.8 Å². The summed E-state index contributed by atoms with van der Waals surface area (Å²) in [7, 11) is 0. The first-order chi connectivity index (χ1) is 14.1. The van der Waals surface area contributed by atoms with Gasteiger partial charge in [0.15, 0.2) is 0 Å². The van der Waals surface area contributed by atoms with Crippen LogP contribution in [0.2, 0.25) is 0 Å². The molecule has 0 radical (unpaired) electrons. The summed E-state index contributed by atoms with van der Waals surface area (Å²) in [6.45, 7) is 1.84. The quantitative estimate of drug-likeness (QED) is 0.465. The van der Waals surface area contributed by atoms with Gasteiger partial charge in [-0.3, -0.25) is 9.59 Å². The van der Waals surface area contributed by atoms with Crippen LogP contribution in [0.4, 0.5) is 5.69 Å². The van der Waals surface area contributed by atoms with Gasteiger partial charge in [0.05, 0.1) is 10.6 Å². The van der Waals surface area contributed by atoms with Crippen molar-refractivity contribution in [3.63, 3.8) is 0 Å². The van der Waals surface area contributed by atoms with Crippen LogP contribution in [-0.2, 0) is 4.79 Å². The number of nitrogens with one attached hydrogen (secondary N) is 2. The summed E-state index contributed by atoms with van der Waals surface area (Å²) in [5.41, 5.74) is 6.09. The molecule has 0 bridgehead atoms. The fraction of sp³-hybridized carbons (Fsp3) is 0.174. The first-order valence-corrected chi connectivity index (χ1v) is 10.3. The fourth-order valence-corrected chi connectivity index (χ4v) is 3.88. The average Bonchev–Trinajstić information content (AvgIpc) is 3.36. The van der Waals surface area contributed by atoms with Crippen LogP contribution in [0.5, 0.6) is 0 Å². The van der Waals surface area contributed by atoms with Crippen molar-refractivity contribution in [1.82, 2.24) is 5.43 Å². The summed E-state index contributed by atoms with van der Waals surface area (Å²) in [5, 5.41) is 9.01. The molecule has 5 nitrogen and oxygen atoms in total. The van der Waals surface area contributed by atoms with Crippen molar-refractivity contribution < 1.29 is 9.59 Å². The van der Waals surface area contributed by atoms with Crippen LogP contribution in [0.1, 0.15) is 40.1 Å². The summed E-state index contributed by atoms with van der Waals surface area (Å²) in [6.07, 6.45) is 0.856. The minimum absolute atomic E-state index is 0.0228. The van der Waals surface area contributed by atoms with Gasteiger partial charge in [-0.25, -0.2) is 5.43 Å². The van der Waals surface area contributed by atoms with Crippen molar-refractivity contribution in [2.24, 2.45) is 11.0 Å². The predicted molar refractivity (Wildman–Crippen MR) is 116 cm³/mol. The zero-order valence-corrected chi connectivity index (χ0v) is 16.8. The highest BCUT2D eigenvalue weighted by molar-refractivity contribution is 7.12. The molecule has 2 amide bonds. The van der Waals surface area contributed by atoms with Gasteiger partial charge in [-0.05, 0) is 54.0 Å². The Labute approximate surface area is 173 Å². The van der Waals surface area contributed by atoms with E-state index >= 15 is 0 Å². The smallest absolute Gasteiger partial charge is 0.265 e. The molecule has 4 rings (SSSR count). The summed E-state index contributed by atoms with van der Waals surface area (Å²) in [4.78, 5) is 25.3. The Morgan fingerprint density at radius 2 is 1.86 bits per heavy atom. The lowest BCUT2D eigenvalue weighted by molar-refractivity contribution is -0.122. The van der Waals surface area contributed by atoms with Crippen molar-refractivity contribution in [1.29, 1.82) is 0 Å². The molecule has 0 saturated heterocycles. The standard InChI is InChI=1S/C23H21N3O2S/c1-15(25-26-22(27)20-14-19(20)16-7-3-2-4-8-16)17-9-5-10-18(13-17)24-23(28)21-11-6-12-29-21/h2-13,19-20H,14H2,1H3,(H,24,28)(H,26,27)/b25-15-/t19-,20+/m0/s1. The summed E-state index contributed by atoms with van der Waals surface area (Å²) in [5.74, 6) is 0.0638. The number of anilines is 1. The van der Waals surface area contributed by atoms with Crippen LogP contribution in [0.3, 0.4) is 0 Å². The first kappa shape index (κ1) is 19.1. The Kier molecular flexibility index (Phi) is 5.53. The lowest BCUT2D eigenvalue weighted by Gasteiger charge is -2.07. The monoisotopic (exact) mass is 403 g/mol. The normalized spacial score (nSPS) is 18.2. The Morgan fingerprint density at radius 1 is 1.03 bits per heavy atom. The van der Waals surface area contributed by atoms with Gasteiger partial charge in [0.1, 0.15) is 0 Å². The average molecular weight is 404 g/mol. The number of hydrogen-bond donors (Lipinski definition) is 2. The minimum atomic E-state index is -0.138. The first-order valence-electron chi connectivity index (χ1n) is 9.46. The maximum absolute atomic E-state index is 12.4. The SMILES string of the molecule is C/C(=N/NC(=O)[C@@H]1C[C@H]1c1ccccc1)c1cccc(NC(=O)c2cccs2)c1. The number of carbonyl (C=O) groups is 2. The Balaban J connectivity index is 1.37. The molecule has 2 atom stereocenters. The van der Waals surface area contributed by atoms with Crippen molar-refractivity contribution >= 4 is 34.6 Å². The van der Waals surface area contributed by atoms with E-state index in [9.17, 15) is 9.59 Å². The van der Waals surface area contributed by atoms with E-state index in [0.717, 1.165) is 12.0 Å². The second-order valence-corrected chi connectivity index (χ2v) is 7.99. The number of thiophene rings is 1. The molecule has 0 aliphatic heterocycles. The number of benzene rings is 2. The Bertz CT molecular complexity index is 1050. The zero-order valence-electron chi connectivity index (χ0n) is 16.0. The Hall–Kier alpha value is -3.25. The second-order valence-electron chi connectivity index (χ2n) is 7.04. The molecule has 1 heterocycles. The molecule has 2 aromatic carbocycles. The predicted octanol–water partition coefficient (Wildman–Crippen LogP) is 4.64. The fourth-order valence-electron chi connectivity index (χ4n) is 3.26. The summed E-state index contributed by atoms with van der Waals surface area (Å²) >= 11 is 1.40. The van der Waals surface area contributed by atoms with Crippen LogP contribution >= 0.6 is 11.3 Å². The summed E-state index contributed by atoms with van der Waals surface area (Å²) < 4.78 is 0. The molecule has 146 valence electrons. The maximum atomic E-state index is 12.4. The van der Waals surface area contributed by atoms with E-state index in [2.05, 4.69) is 28.0 Å². The van der Waals surface area contributed by atoms with E-state index in [1.165, 1.54) is 16.9 Å². The van der Waals surface area contributed by atoms with E-state index in [0.29, 0.717) is 16.3 Å². The molecular weight excluding hydrogens is 382 g/mol. The molecular formula is C23H21N3O2S. The number of hydrazone groups is 1. The van der Waals surface area contributed by atoms with Gasteiger partial charge in [-0.15, -0.1) is 11.3 Å². The van der Waals surface area contributed by atoms with Crippen LogP contribution in [0, 0.1) is 5.92 Å². The molecule has 1 aliphatic carbocycles. The number of carbonyl (C=O) groups excluding carboxylic acids is 2. The van der Waals surface area contributed by atoms with Gasteiger partial charge in [0.2, 0.25) is 5.91 Å². The molecule has 1 aliphatic rings. The van der Waals surface area contributed by atoms with E-state index in [4.69, 9.17) is 0 Å². The van der Waals surface area contributed by atoms with Crippen LogP contribution in [-0.4, -0.2) is 17.5 Å². The highest BCUT2D eigenvalue weighted by atomic mass is 32.1. The van der Waals surface area contributed by atoms with Crippen molar-refractivity contribution in [3.05, 3.63) is 88.1 Å². The molecule has 6 heteroatoms. The van der Waals surface area contributed by atoms with Gasteiger partial charge in [0.25, 0.3) is 5.91 Å². The molecule has 1 fully saturated rings. The van der Waals surface area contributed by atoms with Crippen molar-refractivity contribution in [2.45, 2.75) is 19.3 Å². The third kappa shape index (κ3) is 4.60. The van der Waals surface area contributed by atoms with E-state index in [1.54, 1.807) is 6.07 Å². The van der Waals surface area contributed by atoms with Gasteiger partial charge < -0.3 is 5.32 Å². The maximum Gasteiger partial charge on any atom is 0.265 e. The third-order valence-electron chi connectivity index (χ3n) is 4.97. The minimum Gasteiger partial charge on any atom is -0.321 e. The number of rotatable bonds is 6. The number of hydrogen-bond acceptors (Lipinski definition) is 4. The molecule has 0 spiro atoms. The lowest BCUT2D eigenvalue weighted by atomic mass is 10.1. The lowest BCUT2D eigenvalue weighted by Crippen LogP contribution is -2.21. The highest BCUT2D eigenvalue weighted by Gasteiger charge is 2.43. The molecule has 3 aromatic rings. The van der Waals surface area contributed by atoms with E-state index in [-0.39, 0.29) is 23.7 Å². The molecule has 1 saturated carbocycles. The van der Waals surface area contributed by atoms with Crippen LogP contribution < -0.4 is 10.7 Å². The van der Waals surface area contributed by atoms with Crippen molar-refractivity contribution in [3.8, 4) is 0 Å². The highest BCUT2D eigenvalue weighted by Crippen LogP contribution is 2.47. The third-order valence-corrected chi connectivity index (χ3v) is 5.84.